The Kier molecular flexibility index (Phi) is 6.09. The molecule has 0 saturated carbocycles. The molecule has 1 N–H and O–H groups in total. The number of nitrogens with one attached hydrogen (secondary N) is 1. The van der Waals surface area contributed by atoms with Gasteiger partial charge in [-0.05, 0) is 36.8 Å². The minimum atomic E-state index is -4.16. The quantitative estimate of drug-likeness (QED) is 0.673. The Morgan fingerprint density at radius 2 is 1.87 bits per heavy atom. The molecule has 30 heavy (non-hydrogen) atoms. The molecule has 2 aromatic carbocycles. The van der Waals surface area contributed by atoms with Gasteiger partial charge in [-0.25, -0.2) is 8.42 Å². The number of amides is 1. The summed E-state index contributed by atoms with van der Waals surface area (Å²) >= 11 is 5.97. The van der Waals surface area contributed by atoms with Gasteiger partial charge in [-0.1, -0.05) is 23.7 Å². The molecule has 0 spiro atoms. The van der Waals surface area contributed by atoms with Gasteiger partial charge >= 0.3 is 0 Å². The molecule has 0 bridgehead atoms. The van der Waals surface area contributed by atoms with Gasteiger partial charge in [0.05, 0.1) is 26.5 Å². The second-order valence-electron chi connectivity index (χ2n) is 6.47. The fourth-order valence-corrected chi connectivity index (χ4v) is 5.19. The van der Waals surface area contributed by atoms with Crippen molar-refractivity contribution in [2.45, 2.75) is 6.92 Å². The molecule has 1 heterocycles. The fourth-order valence-electron chi connectivity index (χ4n) is 3.29. The number of carbonyl (C=O) groups excluding carboxylic acids is 1. The van der Waals surface area contributed by atoms with Crippen LogP contribution < -0.4 is 19.1 Å². The molecule has 0 fully saturated rings. The highest BCUT2D eigenvalue weighted by atomic mass is 35.5. The number of benzene rings is 2. The van der Waals surface area contributed by atoms with Crippen LogP contribution in [0.1, 0.15) is 12.5 Å². The lowest BCUT2D eigenvalue weighted by Gasteiger charge is -2.32. The molecule has 0 aromatic heterocycles. The van der Waals surface area contributed by atoms with E-state index in [0.29, 0.717) is 39.0 Å². The number of rotatable bonds is 6. The van der Waals surface area contributed by atoms with Gasteiger partial charge in [0.25, 0.3) is 15.9 Å². The third-order valence-corrected chi connectivity index (χ3v) is 6.82. The van der Waals surface area contributed by atoms with E-state index in [1.807, 2.05) is 0 Å². The summed E-state index contributed by atoms with van der Waals surface area (Å²) in [5.41, 5.74) is 1.60. The van der Waals surface area contributed by atoms with Crippen molar-refractivity contribution in [2.24, 2.45) is 0 Å². The Labute approximate surface area is 180 Å². The average molecular weight is 449 g/mol. The maximum absolute atomic E-state index is 13.4. The minimum absolute atomic E-state index is 0.0218. The van der Waals surface area contributed by atoms with Gasteiger partial charge in [0.1, 0.15) is 0 Å². The Morgan fingerprint density at radius 3 is 2.47 bits per heavy atom. The number of nitrogens with zero attached hydrogens (tertiary/aromatic N) is 1. The largest absolute Gasteiger partial charge is 0.493 e. The van der Waals surface area contributed by atoms with Crippen LogP contribution in [0.2, 0.25) is 5.02 Å². The molecule has 0 unspecified atom stereocenters. The van der Waals surface area contributed by atoms with E-state index in [9.17, 15) is 13.2 Å². The van der Waals surface area contributed by atoms with Gasteiger partial charge in [0.15, 0.2) is 16.4 Å². The summed E-state index contributed by atoms with van der Waals surface area (Å²) in [7, 11) is -1.22. The molecule has 0 saturated heterocycles. The summed E-state index contributed by atoms with van der Waals surface area (Å²) in [6.45, 7) is 5.20. The Balaban J connectivity index is 2.20. The lowest BCUT2D eigenvalue weighted by Crippen LogP contribution is -2.39. The highest BCUT2D eigenvalue weighted by Crippen LogP contribution is 2.45. The van der Waals surface area contributed by atoms with E-state index < -0.39 is 15.9 Å². The summed E-state index contributed by atoms with van der Waals surface area (Å²) in [4.78, 5) is 12.7. The lowest BCUT2D eigenvalue weighted by atomic mass is 10.0. The van der Waals surface area contributed by atoms with Crippen molar-refractivity contribution in [3.8, 4) is 11.5 Å². The molecule has 2 aromatic rings. The SMILES string of the molecule is C=CCN1c2cc(OC)c(OC)cc2C(C)=C(C(=O)Nc2cccc(Cl)c2)S1(=O)=O. The van der Waals surface area contributed by atoms with Crippen molar-refractivity contribution < 1.29 is 22.7 Å². The molecule has 9 heteroatoms. The van der Waals surface area contributed by atoms with Crippen LogP contribution in [0.25, 0.3) is 5.57 Å². The van der Waals surface area contributed by atoms with Crippen molar-refractivity contribution in [1.82, 2.24) is 0 Å². The van der Waals surface area contributed by atoms with Crippen LogP contribution in [0.3, 0.4) is 0 Å². The van der Waals surface area contributed by atoms with Gasteiger partial charge in [-0.15, -0.1) is 6.58 Å². The molecule has 3 rings (SSSR count). The Morgan fingerprint density at radius 1 is 1.20 bits per heavy atom. The zero-order valence-electron chi connectivity index (χ0n) is 16.7. The second kappa shape index (κ2) is 8.41. The predicted octanol–water partition coefficient (Wildman–Crippen LogP) is 4.06. The monoisotopic (exact) mass is 448 g/mol. The van der Waals surface area contributed by atoms with Gasteiger partial charge < -0.3 is 14.8 Å². The van der Waals surface area contributed by atoms with Crippen LogP contribution in [0.15, 0.2) is 54.0 Å². The number of halogens is 1. The van der Waals surface area contributed by atoms with Gasteiger partial charge in [-0.2, -0.15) is 0 Å². The van der Waals surface area contributed by atoms with Crippen molar-refractivity contribution in [2.75, 3.05) is 30.4 Å². The number of anilines is 2. The van der Waals surface area contributed by atoms with Crippen LogP contribution in [0.5, 0.6) is 11.5 Å². The highest BCUT2D eigenvalue weighted by molar-refractivity contribution is 7.97. The van der Waals surface area contributed by atoms with Crippen molar-refractivity contribution in [1.29, 1.82) is 0 Å². The number of carbonyl (C=O) groups is 1. The summed E-state index contributed by atoms with van der Waals surface area (Å²) in [5.74, 6) is 0.0347. The first-order valence-electron chi connectivity index (χ1n) is 8.92. The van der Waals surface area contributed by atoms with Crippen molar-refractivity contribution in [3.05, 3.63) is 64.5 Å². The topological polar surface area (TPSA) is 84.9 Å². The molecule has 1 aliphatic heterocycles. The highest BCUT2D eigenvalue weighted by Gasteiger charge is 2.40. The number of sulfonamides is 1. The van der Waals surface area contributed by atoms with E-state index in [1.165, 1.54) is 26.4 Å². The third-order valence-electron chi connectivity index (χ3n) is 4.65. The van der Waals surface area contributed by atoms with E-state index in [1.54, 1.807) is 37.3 Å². The van der Waals surface area contributed by atoms with E-state index in [0.717, 1.165) is 4.31 Å². The Hall–Kier alpha value is -2.97. The molecule has 7 nitrogen and oxygen atoms in total. The van der Waals surface area contributed by atoms with Crippen LogP contribution in [-0.4, -0.2) is 35.1 Å². The molecular formula is C21H21ClN2O5S. The van der Waals surface area contributed by atoms with Crippen LogP contribution in [0, 0.1) is 0 Å². The molecule has 0 atom stereocenters. The number of fused-ring (bicyclic) bond motifs is 1. The van der Waals surface area contributed by atoms with E-state index in [-0.39, 0.29) is 11.4 Å². The standard InChI is InChI=1S/C21H21ClN2O5S/c1-5-9-24-17-12-19(29-4)18(28-3)11-16(17)13(2)20(30(24,26)27)21(25)23-15-8-6-7-14(22)10-15/h5-8,10-12H,1,9H2,2-4H3,(H,23,25). The summed E-state index contributed by atoms with van der Waals surface area (Å²) < 4.78 is 38.6. The number of allylic oxidation sites excluding steroid dienone is 1. The first-order valence-corrected chi connectivity index (χ1v) is 10.7. The lowest BCUT2D eigenvalue weighted by molar-refractivity contribution is -0.112. The van der Waals surface area contributed by atoms with Gasteiger partial charge in [0, 0.05) is 22.3 Å². The number of ether oxygens (including phenoxy) is 2. The van der Waals surface area contributed by atoms with Crippen molar-refractivity contribution >= 4 is 44.5 Å². The molecule has 1 amide bonds. The zero-order chi connectivity index (χ0) is 22.1. The molecule has 0 radical (unpaired) electrons. The van der Waals surface area contributed by atoms with Gasteiger partial charge in [-0.3, -0.25) is 9.10 Å². The second-order valence-corrected chi connectivity index (χ2v) is 8.70. The Bertz CT molecular complexity index is 1160. The molecular weight excluding hydrogens is 428 g/mol. The first-order chi connectivity index (χ1) is 14.2. The van der Waals surface area contributed by atoms with Crippen molar-refractivity contribution in [3.63, 3.8) is 0 Å². The zero-order valence-corrected chi connectivity index (χ0v) is 18.3. The number of hydrogen-bond acceptors (Lipinski definition) is 5. The van der Waals surface area contributed by atoms with E-state index in [2.05, 4.69) is 11.9 Å². The first kappa shape index (κ1) is 21.7. The number of hydrogen-bond donors (Lipinski definition) is 1. The molecule has 1 aliphatic rings. The van der Waals surface area contributed by atoms with Crippen LogP contribution >= 0.6 is 11.6 Å². The summed E-state index contributed by atoms with van der Waals surface area (Å²) in [6, 6.07) is 9.70. The summed E-state index contributed by atoms with van der Waals surface area (Å²) in [6.07, 6.45) is 1.45. The molecule has 158 valence electrons. The smallest absolute Gasteiger partial charge is 0.270 e. The minimum Gasteiger partial charge on any atom is -0.493 e. The normalized spacial score (nSPS) is 14.7. The van der Waals surface area contributed by atoms with Gasteiger partial charge in [0.2, 0.25) is 0 Å². The maximum Gasteiger partial charge on any atom is 0.270 e. The predicted molar refractivity (Wildman–Crippen MR) is 119 cm³/mol. The average Bonchev–Trinajstić information content (AvgIpc) is 2.70. The van der Waals surface area contributed by atoms with E-state index >= 15 is 0 Å². The number of methoxy groups -OCH3 is 2. The fraction of sp³-hybridized carbons (Fsp3) is 0.190. The maximum atomic E-state index is 13.4. The third kappa shape index (κ3) is 3.76. The summed E-state index contributed by atoms with van der Waals surface area (Å²) in [5, 5.41) is 3.03. The van der Waals surface area contributed by atoms with Crippen LogP contribution in [0.4, 0.5) is 11.4 Å². The van der Waals surface area contributed by atoms with Crippen LogP contribution in [-0.2, 0) is 14.8 Å². The molecule has 0 aliphatic carbocycles. The van der Waals surface area contributed by atoms with E-state index in [4.69, 9.17) is 21.1 Å².